The lowest BCUT2D eigenvalue weighted by Gasteiger charge is -2.34. The Balaban J connectivity index is 3.10. The molecular formula is C12H22O3. The van der Waals surface area contributed by atoms with Crippen LogP contribution in [0.1, 0.15) is 41.5 Å². The van der Waals surface area contributed by atoms with Gasteiger partial charge in [0.15, 0.2) is 0 Å². The van der Waals surface area contributed by atoms with Crippen molar-refractivity contribution in [2.75, 3.05) is 0 Å². The molecule has 88 valence electrons. The van der Waals surface area contributed by atoms with E-state index >= 15 is 0 Å². The van der Waals surface area contributed by atoms with Crippen molar-refractivity contribution in [1.29, 1.82) is 0 Å². The van der Waals surface area contributed by atoms with Crippen LogP contribution in [0.5, 0.6) is 0 Å². The number of ether oxygens (including phenoxy) is 1. The standard InChI is InChI=1S/C12H22O3/c1-7(2)8-9(11(3,4)5)10(13)15-12(8,6)14/h7-9,14H,1-6H3. The maximum atomic E-state index is 11.8. The Morgan fingerprint density at radius 3 is 2.13 bits per heavy atom. The number of cyclic esters (lactones) is 1. The van der Waals surface area contributed by atoms with Crippen molar-refractivity contribution in [3.8, 4) is 0 Å². The highest BCUT2D eigenvalue weighted by molar-refractivity contribution is 5.76. The summed E-state index contributed by atoms with van der Waals surface area (Å²) < 4.78 is 5.08. The molecule has 1 heterocycles. The molecule has 0 aromatic carbocycles. The van der Waals surface area contributed by atoms with Crippen molar-refractivity contribution in [2.24, 2.45) is 23.2 Å². The summed E-state index contributed by atoms with van der Waals surface area (Å²) in [5, 5.41) is 10.1. The summed E-state index contributed by atoms with van der Waals surface area (Å²) in [5.74, 6) is -1.73. The summed E-state index contributed by atoms with van der Waals surface area (Å²) in [4.78, 5) is 11.8. The van der Waals surface area contributed by atoms with Crippen molar-refractivity contribution in [1.82, 2.24) is 0 Å². The molecule has 15 heavy (non-hydrogen) atoms. The first kappa shape index (κ1) is 12.5. The van der Waals surface area contributed by atoms with E-state index in [1.54, 1.807) is 6.92 Å². The fourth-order valence-corrected chi connectivity index (χ4v) is 2.69. The third-order valence-corrected chi connectivity index (χ3v) is 3.19. The molecule has 1 aliphatic rings. The molecule has 0 amide bonds. The molecule has 0 aromatic heterocycles. The summed E-state index contributed by atoms with van der Waals surface area (Å²) in [6.45, 7) is 11.6. The maximum Gasteiger partial charge on any atom is 0.312 e. The Hall–Kier alpha value is -0.570. The third kappa shape index (κ3) is 2.17. The van der Waals surface area contributed by atoms with Gasteiger partial charge in [-0.05, 0) is 11.3 Å². The molecule has 3 heteroatoms. The van der Waals surface area contributed by atoms with Gasteiger partial charge in [0.2, 0.25) is 5.79 Å². The van der Waals surface area contributed by atoms with Crippen LogP contribution in [0, 0.1) is 23.2 Å². The molecule has 3 atom stereocenters. The first-order chi connectivity index (χ1) is 6.57. The zero-order valence-corrected chi connectivity index (χ0v) is 10.5. The van der Waals surface area contributed by atoms with Gasteiger partial charge in [-0.1, -0.05) is 34.6 Å². The third-order valence-electron chi connectivity index (χ3n) is 3.19. The summed E-state index contributed by atoms with van der Waals surface area (Å²) in [6.07, 6.45) is 0. The molecule has 1 fully saturated rings. The van der Waals surface area contributed by atoms with Gasteiger partial charge in [0.05, 0.1) is 5.92 Å². The molecule has 0 radical (unpaired) electrons. The van der Waals surface area contributed by atoms with E-state index in [-0.39, 0.29) is 29.1 Å². The second kappa shape index (κ2) is 3.48. The minimum Gasteiger partial charge on any atom is -0.433 e. The van der Waals surface area contributed by atoms with E-state index < -0.39 is 5.79 Å². The van der Waals surface area contributed by atoms with Gasteiger partial charge in [-0.25, -0.2) is 0 Å². The second-order valence-corrected chi connectivity index (χ2v) is 6.09. The highest BCUT2D eigenvalue weighted by Crippen LogP contribution is 2.47. The highest BCUT2D eigenvalue weighted by atomic mass is 16.7. The van der Waals surface area contributed by atoms with Gasteiger partial charge in [0.25, 0.3) is 0 Å². The van der Waals surface area contributed by atoms with Crippen LogP contribution in [0.2, 0.25) is 0 Å². The first-order valence-corrected chi connectivity index (χ1v) is 5.52. The van der Waals surface area contributed by atoms with Gasteiger partial charge < -0.3 is 9.84 Å². The molecule has 1 N–H and O–H groups in total. The molecule has 1 saturated heterocycles. The summed E-state index contributed by atoms with van der Waals surface area (Å²) >= 11 is 0. The zero-order valence-electron chi connectivity index (χ0n) is 10.5. The van der Waals surface area contributed by atoms with Crippen molar-refractivity contribution in [3.05, 3.63) is 0 Å². The van der Waals surface area contributed by atoms with E-state index in [1.807, 2.05) is 34.6 Å². The Kier molecular flexibility index (Phi) is 2.90. The van der Waals surface area contributed by atoms with Crippen LogP contribution in [0.15, 0.2) is 0 Å². The number of carbonyl (C=O) groups excluding carboxylic acids is 1. The average Bonchev–Trinajstić information content (AvgIpc) is 2.17. The zero-order chi connectivity index (χ0) is 12.0. The number of hydrogen-bond donors (Lipinski definition) is 1. The number of esters is 1. The largest absolute Gasteiger partial charge is 0.433 e. The molecule has 0 saturated carbocycles. The van der Waals surface area contributed by atoms with Crippen LogP contribution in [0.4, 0.5) is 0 Å². The number of hydrogen-bond acceptors (Lipinski definition) is 3. The average molecular weight is 214 g/mol. The van der Waals surface area contributed by atoms with Gasteiger partial charge in [-0.3, -0.25) is 4.79 Å². The molecular weight excluding hydrogens is 192 g/mol. The second-order valence-electron chi connectivity index (χ2n) is 6.09. The van der Waals surface area contributed by atoms with Crippen molar-refractivity contribution < 1.29 is 14.6 Å². The predicted octanol–water partition coefficient (Wildman–Crippen LogP) is 2.19. The normalized spacial score (nSPS) is 37.2. The molecule has 1 rings (SSSR count). The Morgan fingerprint density at radius 1 is 1.40 bits per heavy atom. The van der Waals surface area contributed by atoms with Gasteiger partial charge in [-0.2, -0.15) is 0 Å². The summed E-state index contributed by atoms with van der Waals surface area (Å²) in [5.41, 5.74) is -0.174. The Bertz CT molecular complexity index is 261. The Labute approximate surface area is 91.8 Å². The topological polar surface area (TPSA) is 46.5 Å². The Morgan fingerprint density at radius 2 is 1.87 bits per heavy atom. The van der Waals surface area contributed by atoms with Crippen LogP contribution >= 0.6 is 0 Å². The van der Waals surface area contributed by atoms with Crippen LogP contribution < -0.4 is 0 Å². The van der Waals surface area contributed by atoms with Gasteiger partial charge in [0.1, 0.15) is 0 Å². The van der Waals surface area contributed by atoms with Crippen LogP contribution in [-0.2, 0) is 9.53 Å². The van der Waals surface area contributed by atoms with Crippen molar-refractivity contribution >= 4 is 5.97 Å². The molecule has 0 bridgehead atoms. The van der Waals surface area contributed by atoms with Gasteiger partial charge >= 0.3 is 5.97 Å². The van der Waals surface area contributed by atoms with Crippen LogP contribution in [0.25, 0.3) is 0 Å². The molecule has 3 nitrogen and oxygen atoms in total. The van der Waals surface area contributed by atoms with Gasteiger partial charge in [0, 0.05) is 12.8 Å². The highest BCUT2D eigenvalue weighted by Gasteiger charge is 2.56. The molecule has 0 aromatic rings. The number of carbonyl (C=O) groups is 1. The predicted molar refractivity (Wildman–Crippen MR) is 58.0 cm³/mol. The monoisotopic (exact) mass is 214 g/mol. The van der Waals surface area contributed by atoms with E-state index in [0.29, 0.717) is 0 Å². The van der Waals surface area contributed by atoms with Crippen LogP contribution in [-0.4, -0.2) is 16.9 Å². The minimum atomic E-state index is -1.32. The first-order valence-electron chi connectivity index (χ1n) is 5.52. The van der Waals surface area contributed by atoms with Gasteiger partial charge in [-0.15, -0.1) is 0 Å². The van der Waals surface area contributed by atoms with Crippen molar-refractivity contribution in [3.63, 3.8) is 0 Å². The number of rotatable bonds is 1. The fourth-order valence-electron chi connectivity index (χ4n) is 2.69. The van der Waals surface area contributed by atoms with E-state index in [9.17, 15) is 9.90 Å². The van der Waals surface area contributed by atoms with E-state index in [4.69, 9.17) is 4.74 Å². The molecule has 0 spiro atoms. The molecule has 3 unspecified atom stereocenters. The molecule has 1 aliphatic heterocycles. The SMILES string of the molecule is CC(C)C1C(C(C)(C)C)C(=O)OC1(C)O. The summed E-state index contributed by atoms with van der Waals surface area (Å²) in [7, 11) is 0. The quantitative estimate of drug-likeness (QED) is 0.680. The fraction of sp³-hybridized carbons (Fsp3) is 0.917. The van der Waals surface area contributed by atoms with E-state index in [1.165, 1.54) is 0 Å². The van der Waals surface area contributed by atoms with Crippen molar-refractivity contribution in [2.45, 2.75) is 47.3 Å². The minimum absolute atomic E-state index is 0.134. The van der Waals surface area contributed by atoms with E-state index in [0.717, 1.165) is 0 Å². The lowest BCUT2D eigenvalue weighted by atomic mass is 9.68. The smallest absolute Gasteiger partial charge is 0.312 e. The maximum absolute atomic E-state index is 11.8. The lowest BCUT2D eigenvalue weighted by Crippen LogP contribution is -2.40. The lowest BCUT2D eigenvalue weighted by molar-refractivity contribution is -0.196. The van der Waals surface area contributed by atoms with Crippen LogP contribution in [0.3, 0.4) is 0 Å². The summed E-state index contributed by atoms with van der Waals surface area (Å²) in [6, 6.07) is 0. The van der Waals surface area contributed by atoms with E-state index in [2.05, 4.69) is 0 Å². The number of aliphatic hydroxyl groups is 1. The molecule has 0 aliphatic carbocycles.